The van der Waals surface area contributed by atoms with Crippen molar-refractivity contribution in [2.45, 2.75) is 9.79 Å². The first kappa shape index (κ1) is 14.5. The summed E-state index contributed by atoms with van der Waals surface area (Å²) in [5.74, 6) is 0.246. The van der Waals surface area contributed by atoms with E-state index in [-0.39, 0.29) is 21.2 Å². The Hall–Kier alpha value is -2.94. The van der Waals surface area contributed by atoms with Gasteiger partial charge in [0.05, 0.1) is 15.5 Å². The van der Waals surface area contributed by atoms with Gasteiger partial charge in [0.2, 0.25) is 15.9 Å². The molecule has 0 saturated heterocycles. The van der Waals surface area contributed by atoms with Crippen LogP contribution in [0.2, 0.25) is 0 Å². The van der Waals surface area contributed by atoms with Crippen molar-refractivity contribution in [3.05, 3.63) is 48.5 Å². The van der Waals surface area contributed by atoms with Crippen LogP contribution in [-0.4, -0.2) is 14.5 Å². The van der Waals surface area contributed by atoms with Gasteiger partial charge in [-0.1, -0.05) is 6.07 Å². The first-order valence-corrected chi connectivity index (χ1v) is 7.15. The Kier molecular flexibility index (Phi) is 4.14. The topological polar surface area (TPSA) is 96.6 Å². The Bertz CT molecular complexity index is 845. The summed E-state index contributed by atoms with van der Waals surface area (Å²) in [6.07, 6.45) is 2.85. The monoisotopic (exact) mass is 300 g/mol. The molecule has 0 aromatic heterocycles. The lowest BCUT2D eigenvalue weighted by molar-refractivity contribution is 0.506. The van der Waals surface area contributed by atoms with Crippen LogP contribution >= 0.6 is 0 Å². The molecule has 0 aliphatic carbocycles. The highest BCUT2D eigenvalue weighted by molar-refractivity contribution is 7.91. The molecular weight excluding hydrogens is 292 g/mol. The van der Waals surface area contributed by atoms with E-state index in [0.717, 1.165) is 0 Å². The molecule has 0 N–H and O–H groups in total. The van der Waals surface area contributed by atoms with Crippen LogP contribution in [0.15, 0.2) is 63.3 Å². The molecule has 7 heteroatoms. The summed E-state index contributed by atoms with van der Waals surface area (Å²) in [6, 6.07) is 11.1. The molecule has 0 aliphatic rings. The number of isocyanates is 1. The second-order valence-electron chi connectivity index (χ2n) is 3.87. The number of nitrogens with zero attached hydrogens (tertiary/aromatic N) is 2. The molecule has 21 heavy (non-hydrogen) atoms. The zero-order valence-corrected chi connectivity index (χ0v) is 11.4. The SMILES string of the molecule is N#COc1ccc(S(=O)(=O)c2cccc(N=C=O)c2)cc1. The minimum absolute atomic E-state index is 0.00736. The van der Waals surface area contributed by atoms with E-state index in [1.807, 2.05) is 0 Å². The highest BCUT2D eigenvalue weighted by atomic mass is 32.2. The molecule has 2 aromatic carbocycles. The fourth-order valence-electron chi connectivity index (χ4n) is 1.65. The first-order chi connectivity index (χ1) is 10.1. The minimum Gasteiger partial charge on any atom is -0.388 e. The number of ether oxygens (including phenoxy) is 1. The Morgan fingerprint density at radius 3 is 2.38 bits per heavy atom. The second-order valence-corrected chi connectivity index (χ2v) is 5.82. The van der Waals surface area contributed by atoms with Gasteiger partial charge in [-0.2, -0.15) is 4.99 Å². The van der Waals surface area contributed by atoms with E-state index >= 15 is 0 Å². The fourth-order valence-corrected chi connectivity index (χ4v) is 2.95. The number of sulfone groups is 1. The normalized spacial score (nSPS) is 10.2. The van der Waals surface area contributed by atoms with Crippen molar-refractivity contribution in [3.8, 4) is 12.0 Å². The van der Waals surface area contributed by atoms with Gasteiger partial charge in [0, 0.05) is 0 Å². The van der Waals surface area contributed by atoms with Crippen molar-refractivity contribution < 1.29 is 17.9 Å². The number of nitriles is 1. The highest BCUT2D eigenvalue weighted by Gasteiger charge is 2.18. The van der Waals surface area contributed by atoms with E-state index < -0.39 is 9.84 Å². The molecule has 2 rings (SSSR count). The van der Waals surface area contributed by atoms with Crippen LogP contribution in [-0.2, 0) is 14.6 Å². The summed E-state index contributed by atoms with van der Waals surface area (Å²) >= 11 is 0. The Morgan fingerprint density at radius 1 is 1.05 bits per heavy atom. The van der Waals surface area contributed by atoms with Crippen LogP contribution in [0.1, 0.15) is 0 Å². The number of aliphatic imine (C=N–C) groups is 1. The zero-order valence-electron chi connectivity index (χ0n) is 10.6. The summed E-state index contributed by atoms with van der Waals surface area (Å²) in [4.78, 5) is 13.7. The van der Waals surface area contributed by atoms with E-state index in [0.29, 0.717) is 0 Å². The van der Waals surface area contributed by atoms with Crippen molar-refractivity contribution in [3.63, 3.8) is 0 Å². The van der Waals surface area contributed by atoms with Gasteiger partial charge < -0.3 is 4.74 Å². The molecule has 0 fully saturated rings. The molecule has 104 valence electrons. The van der Waals surface area contributed by atoms with Crippen molar-refractivity contribution in [1.82, 2.24) is 0 Å². The van der Waals surface area contributed by atoms with Gasteiger partial charge >= 0.3 is 0 Å². The minimum atomic E-state index is -3.74. The molecule has 0 atom stereocenters. The molecule has 0 heterocycles. The third kappa shape index (κ3) is 3.15. The lowest BCUT2D eigenvalue weighted by Gasteiger charge is -2.05. The Morgan fingerprint density at radius 2 is 1.76 bits per heavy atom. The Balaban J connectivity index is 2.44. The molecular formula is C14H8N2O4S. The summed E-state index contributed by atoms with van der Waals surface area (Å²) in [6.45, 7) is 0. The van der Waals surface area contributed by atoms with Gasteiger partial charge in [0.25, 0.3) is 6.26 Å². The molecule has 0 amide bonds. The highest BCUT2D eigenvalue weighted by Crippen LogP contribution is 2.25. The van der Waals surface area contributed by atoms with Gasteiger partial charge in [-0.3, -0.25) is 0 Å². The van der Waals surface area contributed by atoms with Gasteiger partial charge in [-0.15, -0.1) is 5.26 Å². The van der Waals surface area contributed by atoms with Gasteiger partial charge in [0.1, 0.15) is 5.75 Å². The van der Waals surface area contributed by atoms with Crippen LogP contribution in [0.25, 0.3) is 0 Å². The van der Waals surface area contributed by atoms with Crippen LogP contribution in [0, 0.1) is 11.5 Å². The summed E-state index contributed by atoms with van der Waals surface area (Å²) in [5, 5.41) is 8.38. The van der Waals surface area contributed by atoms with Crippen LogP contribution < -0.4 is 4.74 Å². The third-order valence-electron chi connectivity index (χ3n) is 2.60. The average molecular weight is 300 g/mol. The van der Waals surface area contributed by atoms with Gasteiger partial charge in [-0.25, -0.2) is 13.2 Å². The largest absolute Gasteiger partial charge is 0.388 e. The summed E-state index contributed by atoms with van der Waals surface area (Å²) in [5.41, 5.74) is 0.204. The molecule has 0 aliphatic heterocycles. The van der Waals surface area contributed by atoms with E-state index in [1.54, 1.807) is 0 Å². The van der Waals surface area contributed by atoms with Crippen molar-refractivity contribution >= 4 is 21.6 Å². The van der Waals surface area contributed by atoms with Crippen molar-refractivity contribution in [1.29, 1.82) is 5.26 Å². The molecule has 6 nitrogen and oxygen atoms in total. The van der Waals surface area contributed by atoms with Gasteiger partial charge in [0.15, 0.2) is 0 Å². The zero-order chi connectivity index (χ0) is 15.3. The predicted octanol–water partition coefficient (Wildman–Crippen LogP) is 2.35. The first-order valence-electron chi connectivity index (χ1n) is 5.67. The molecule has 0 spiro atoms. The average Bonchev–Trinajstić information content (AvgIpc) is 2.49. The van der Waals surface area contributed by atoms with E-state index in [9.17, 15) is 13.2 Å². The van der Waals surface area contributed by atoms with Crippen LogP contribution in [0.4, 0.5) is 5.69 Å². The second kappa shape index (κ2) is 6.01. The molecule has 0 unspecified atom stereocenters. The Labute approximate surface area is 120 Å². The maximum absolute atomic E-state index is 12.4. The summed E-state index contributed by atoms with van der Waals surface area (Å²) < 4.78 is 29.4. The maximum atomic E-state index is 12.4. The van der Waals surface area contributed by atoms with E-state index in [2.05, 4.69) is 9.73 Å². The van der Waals surface area contributed by atoms with E-state index in [4.69, 9.17) is 5.26 Å². The quantitative estimate of drug-likeness (QED) is 0.490. The third-order valence-corrected chi connectivity index (χ3v) is 4.37. The molecule has 0 saturated carbocycles. The lowest BCUT2D eigenvalue weighted by atomic mass is 10.3. The lowest BCUT2D eigenvalue weighted by Crippen LogP contribution is -2.01. The van der Waals surface area contributed by atoms with E-state index in [1.165, 1.54) is 60.9 Å². The number of hydrogen-bond donors (Lipinski definition) is 0. The maximum Gasteiger partial charge on any atom is 0.292 e. The fraction of sp³-hybridized carbons (Fsp3) is 0. The van der Waals surface area contributed by atoms with Crippen LogP contribution in [0.3, 0.4) is 0 Å². The number of hydrogen-bond acceptors (Lipinski definition) is 6. The van der Waals surface area contributed by atoms with Gasteiger partial charge in [-0.05, 0) is 42.5 Å². The molecule has 0 radical (unpaired) electrons. The van der Waals surface area contributed by atoms with Crippen molar-refractivity contribution in [2.24, 2.45) is 4.99 Å². The smallest absolute Gasteiger partial charge is 0.292 e. The van der Waals surface area contributed by atoms with Crippen LogP contribution in [0.5, 0.6) is 5.75 Å². The van der Waals surface area contributed by atoms with Crippen molar-refractivity contribution in [2.75, 3.05) is 0 Å². The standard InChI is InChI=1S/C14H8N2O4S/c15-9-20-12-4-6-13(7-5-12)21(18,19)14-3-1-2-11(8-14)16-10-17/h1-8H. The molecule has 2 aromatic rings. The number of benzene rings is 2. The number of rotatable bonds is 4. The number of carbonyl (C=O) groups excluding carboxylic acids is 1. The molecule has 0 bridgehead atoms. The summed E-state index contributed by atoms with van der Waals surface area (Å²) in [7, 11) is -3.74. The predicted molar refractivity (Wildman–Crippen MR) is 72.4 cm³/mol.